The van der Waals surface area contributed by atoms with E-state index in [1.54, 1.807) is 0 Å². The number of nitrogens with zero attached hydrogens (tertiary/aromatic N) is 1. The first-order valence-electron chi connectivity index (χ1n) is 8.64. The highest BCUT2D eigenvalue weighted by Crippen LogP contribution is 2.29. The van der Waals surface area contributed by atoms with Gasteiger partial charge in [0.1, 0.15) is 5.82 Å². The van der Waals surface area contributed by atoms with Gasteiger partial charge in [0.05, 0.1) is 17.8 Å². The molecule has 7 heteroatoms. The second-order valence-corrected chi connectivity index (χ2v) is 6.49. The zero-order chi connectivity index (χ0) is 18.6. The molecule has 0 radical (unpaired) electrons. The maximum atomic E-state index is 12.6. The highest BCUT2D eigenvalue weighted by Gasteiger charge is 2.32. The van der Waals surface area contributed by atoms with Crippen molar-refractivity contribution in [1.82, 2.24) is 10.3 Å². The molecule has 1 atom stereocenters. The van der Waals surface area contributed by atoms with Crippen LogP contribution in [0, 0.1) is 0 Å². The Morgan fingerprint density at radius 2 is 1.96 bits per heavy atom. The molecule has 2 aromatic rings. The number of rotatable bonds is 5. The lowest BCUT2D eigenvalue weighted by Gasteiger charge is -2.37. The summed E-state index contributed by atoms with van der Waals surface area (Å²) in [5.41, 5.74) is 0.988. The van der Waals surface area contributed by atoms with Gasteiger partial charge in [-0.05, 0) is 36.2 Å². The van der Waals surface area contributed by atoms with E-state index in [9.17, 15) is 13.2 Å². The quantitative estimate of drug-likeness (QED) is 0.835. The van der Waals surface area contributed by atoms with Crippen molar-refractivity contribution in [2.75, 3.05) is 25.0 Å². The van der Waals surface area contributed by atoms with Crippen molar-refractivity contribution in [3.8, 4) is 0 Å². The van der Waals surface area contributed by atoms with Crippen LogP contribution in [-0.4, -0.2) is 30.3 Å². The predicted octanol–water partition coefficient (Wildman–Crippen LogP) is 4.16. The van der Waals surface area contributed by atoms with Crippen LogP contribution < -0.4 is 10.6 Å². The van der Waals surface area contributed by atoms with Gasteiger partial charge in [0.15, 0.2) is 0 Å². The van der Waals surface area contributed by atoms with Crippen LogP contribution in [-0.2, 0) is 17.3 Å². The van der Waals surface area contributed by atoms with Gasteiger partial charge in [0.25, 0.3) is 0 Å². The molecule has 0 saturated carbocycles. The largest absolute Gasteiger partial charge is 0.417 e. The minimum absolute atomic E-state index is 0.178. The fraction of sp³-hybridized carbons (Fsp3) is 0.421. The van der Waals surface area contributed by atoms with E-state index in [4.69, 9.17) is 4.74 Å². The molecule has 1 aromatic carbocycles. The Bertz CT molecular complexity index is 708. The van der Waals surface area contributed by atoms with E-state index in [1.165, 1.54) is 6.07 Å². The number of benzene rings is 1. The molecule has 1 fully saturated rings. The second-order valence-electron chi connectivity index (χ2n) is 6.49. The summed E-state index contributed by atoms with van der Waals surface area (Å²) in [6, 6.07) is 10.1. The summed E-state index contributed by atoms with van der Waals surface area (Å²) < 4.78 is 43.7. The molecule has 0 amide bonds. The molecule has 4 nitrogen and oxygen atoms in total. The van der Waals surface area contributed by atoms with Crippen molar-refractivity contribution in [2.45, 2.75) is 31.5 Å². The average molecular weight is 365 g/mol. The molecule has 0 aliphatic carbocycles. The van der Waals surface area contributed by atoms with Crippen LogP contribution in [0.15, 0.2) is 42.6 Å². The summed E-state index contributed by atoms with van der Waals surface area (Å²) in [7, 11) is 0. The Hall–Kier alpha value is -2.12. The number of ether oxygens (including phenoxy) is 1. The third-order valence-electron chi connectivity index (χ3n) is 4.62. The summed E-state index contributed by atoms with van der Waals surface area (Å²) in [6.45, 7) is 4.55. The van der Waals surface area contributed by atoms with Crippen molar-refractivity contribution in [1.29, 1.82) is 0 Å². The van der Waals surface area contributed by atoms with E-state index in [1.807, 2.05) is 24.3 Å². The SMILES string of the molecule is CC[C@@]1(Cc2ccc(Nc3ccc(C(F)(F)F)cn3)cc2)CNCCO1. The van der Waals surface area contributed by atoms with Crippen LogP contribution in [0.1, 0.15) is 24.5 Å². The van der Waals surface area contributed by atoms with Crippen LogP contribution in [0.5, 0.6) is 0 Å². The molecule has 1 saturated heterocycles. The smallest absolute Gasteiger partial charge is 0.372 e. The highest BCUT2D eigenvalue weighted by atomic mass is 19.4. The van der Waals surface area contributed by atoms with E-state index < -0.39 is 11.7 Å². The van der Waals surface area contributed by atoms with Crippen LogP contribution in [0.3, 0.4) is 0 Å². The van der Waals surface area contributed by atoms with E-state index in [0.717, 1.165) is 49.4 Å². The predicted molar refractivity (Wildman–Crippen MR) is 94.5 cm³/mol. The summed E-state index contributed by atoms with van der Waals surface area (Å²) in [5.74, 6) is 0.371. The Labute approximate surface area is 150 Å². The molecule has 0 spiro atoms. The zero-order valence-electron chi connectivity index (χ0n) is 14.6. The van der Waals surface area contributed by atoms with Crippen LogP contribution in [0.2, 0.25) is 0 Å². The molecule has 2 N–H and O–H groups in total. The lowest BCUT2D eigenvalue weighted by Crippen LogP contribution is -2.50. The Kier molecular flexibility index (Phi) is 5.48. The number of hydrogen-bond acceptors (Lipinski definition) is 4. The fourth-order valence-corrected chi connectivity index (χ4v) is 3.03. The fourth-order valence-electron chi connectivity index (χ4n) is 3.03. The van der Waals surface area contributed by atoms with Gasteiger partial charge in [0.2, 0.25) is 0 Å². The molecular formula is C19H22F3N3O. The Morgan fingerprint density at radius 1 is 1.19 bits per heavy atom. The Balaban J connectivity index is 1.64. The maximum absolute atomic E-state index is 12.6. The number of anilines is 2. The number of halogens is 3. The number of morpholine rings is 1. The number of pyridine rings is 1. The van der Waals surface area contributed by atoms with Crippen LogP contribution in [0.4, 0.5) is 24.7 Å². The zero-order valence-corrected chi connectivity index (χ0v) is 14.6. The van der Waals surface area contributed by atoms with Crippen molar-refractivity contribution in [2.24, 2.45) is 0 Å². The van der Waals surface area contributed by atoms with Gasteiger partial charge in [-0.1, -0.05) is 19.1 Å². The minimum Gasteiger partial charge on any atom is -0.372 e. The third kappa shape index (κ3) is 4.53. The normalized spacial score (nSPS) is 20.8. The molecule has 26 heavy (non-hydrogen) atoms. The Morgan fingerprint density at radius 3 is 2.50 bits per heavy atom. The van der Waals surface area contributed by atoms with Gasteiger partial charge in [0, 0.05) is 31.4 Å². The standard InChI is InChI=1S/C19H22F3N3O/c1-2-18(13-23-9-10-26-18)11-14-3-6-16(7-4-14)25-17-8-5-15(12-24-17)19(20,21)22/h3-8,12,23H,2,9-11,13H2,1H3,(H,24,25)/t18-/m1/s1. The van der Waals surface area contributed by atoms with Crippen molar-refractivity contribution in [3.05, 3.63) is 53.7 Å². The number of hydrogen-bond donors (Lipinski definition) is 2. The van der Waals surface area contributed by atoms with Gasteiger partial charge in [-0.2, -0.15) is 13.2 Å². The third-order valence-corrected chi connectivity index (χ3v) is 4.62. The lowest BCUT2D eigenvalue weighted by atomic mass is 9.90. The topological polar surface area (TPSA) is 46.2 Å². The monoisotopic (exact) mass is 365 g/mol. The molecule has 140 valence electrons. The second kappa shape index (κ2) is 7.63. The highest BCUT2D eigenvalue weighted by molar-refractivity contribution is 5.56. The van der Waals surface area contributed by atoms with Gasteiger partial charge in [-0.15, -0.1) is 0 Å². The molecule has 3 rings (SSSR count). The molecule has 1 aliphatic heterocycles. The summed E-state index contributed by atoms with van der Waals surface area (Å²) in [4.78, 5) is 3.82. The molecule has 0 bridgehead atoms. The van der Waals surface area contributed by atoms with Gasteiger partial charge < -0.3 is 15.4 Å². The van der Waals surface area contributed by atoms with E-state index in [-0.39, 0.29) is 5.60 Å². The first-order valence-corrected chi connectivity index (χ1v) is 8.64. The first-order chi connectivity index (χ1) is 12.4. The van der Waals surface area contributed by atoms with Crippen molar-refractivity contribution in [3.63, 3.8) is 0 Å². The summed E-state index contributed by atoms with van der Waals surface area (Å²) >= 11 is 0. The average Bonchev–Trinajstić information content (AvgIpc) is 2.64. The molecule has 0 unspecified atom stereocenters. The van der Waals surface area contributed by atoms with E-state index in [2.05, 4.69) is 22.5 Å². The number of aromatic nitrogens is 1. The lowest BCUT2D eigenvalue weighted by molar-refractivity contribution is -0.137. The minimum atomic E-state index is -4.38. The first kappa shape index (κ1) is 18.7. The summed E-state index contributed by atoms with van der Waals surface area (Å²) in [5, 5.41) is 6.40. The van der Waals surface area contributed by atoms with Crippen molar-refractivity contribution >= 4 is 11.5 Å². The molecular weight excluding hydrogens is 343 g/mol. The number of alkyl halides is 3. The van der Waals surface area contributed by atoms with Crippen LogP contribution >= 0.6 is 0 Å². The number of nitrogens with one attached hydrogen (secondary N) is 2. The van der Waals surface area contributed by atoms with Gasteiger partial charge in [-0.3, -0.25) is 0 Å². The van der Waals surface area contributed by atoms with Gasteiger partial charge in [-0.25, -0.2) is 4.98 Å². The van der Waals surface area contributed by atoms with Gasteiger partial charge >= 0.3 is 6.18 Å². The van der Waals surface area contributed by atoms with E-state index in [0.29, 0.717) is 12.4 Å². The van der Waals surface area contributed by atoms with Crippen LogP contribution in [0.25, 0.3) is 0 Å². The molecule has 2 heterocycles. The molecule has 1 aromatic heterocycles. The maximum Gasteiger partial charge on any atom is 0.417 e. The summed E-state index contributed by atoms with van der Waals surface area (Å²) in [6.07, 6.45) is -1.81. The molecule has 1 aliphatic rings. The van der Waals surface area contributed by atoms with Crippen molar-refractivity contribution < 1.29 is 17.9 Å². The van der Waals surface area contributed by atoms with E-state index >= 15 is 0 Å².